The molecule has 55 heavy (non-hydrogen) atoms. The molecule has 0 aromatic heterocycles. The summed E-state index contributed by atoms with van der Waals surface area (Å²) < 4.78 is 0. The average Bonchev–Trinajstić information content (AvgIpc) is 3.28. The Hall–Kier alpha value is -7.22. The van der Waals surface area contributed by atoms with Crippen LogP contribution in [0.4, 0.5) is 17.1 Å². The summed E-state index contributed by atoms with van der Waals surface area (Å²) in [7, 11) is 0. The van der Waals surface area contributed by atoms with E-state index in [0.29, 0.717) is 0 Å². The first-order chi connectivity index (χ1) is 27.3. The van der Waals surface area contributed by atoms with Gasteiger partial charge in [-0.15, -0.1) is 0 Å². The van der Waals surface area contributed by atoms with Crippen LogP contribution in [-0.4, -0.2) is 0 Å². The van der Waals surface area contributed by atoms with Crippen LogP contribution in [-0.2, 0) is 0 Å². The summed E-state index contributed by atoms with van der Waals surface area (Å²) in [5.41, 5.74) is 17.8. The number of benzene rings is 9. The Morgan fingerprint density at radius 1 is 0.164 bits per heavy atom. The zero-order valence-electron chi connectivity index (χ0n) is 30.5. The molecule has 0 bridgehead atoms. The van der Waals surface area contributed by atoms with Crippen LogP contribution in [0.2, 0.25) is 0 Å². The van der Waals surface area contributed by atoms with Crippen molar-refractivity contribution in [3.8, 4) is 66.8 Å². The standard InChI is InChI=1S/C54H39N/c1-4-12-40(13-5-1)42-20-24-44(25-21-42)46-28-34-50(35-29-46)55(51-36-30-47(31-37-51)45-26-22-43(23-27-45)41-14-6-2-7-15-41)52-38-32-49(33-39-52)54-19-11-10-18-53(54)48-16-8-3-9-17-48/h1-39H. The average molecular weight is 702 g/mol. The van der Waals surface area contributed by atoms with E-state index >= 15 is 0 Å². The number of anilines is 3. The van der Waals surface area contributed by atoms with Crippen LogP contribution in [0.5, 0.6) is 0 Å². The van der Waals surface area contributed by atoms with E-state index < -0.39 is 0 Å². The first-order valence-electron chi connectivity index (χ1n) is 18.8. The van der Waals surface area contributed by atoms with Crippen molar-refractivity contribution < 1.29 is 0 Å². The second kappa shape index (κ2) is 15.4. The second-order valence-electron chi connectivity index (χ2n) is 13.8. The van der Waals surface area contributed by atoms with Crippen molar-refractivity contribution in [1.82, 2.24) is 0 Å². The fraction of sp³-hybridized carbons (Fsp3) is 0. The molecule has 9 aromatic carbocycles. The van der Waals surface area contributed by atoms with Gasteiger partial charge in [-0.2, -0.15) is 0 Å². The molecule has 0 N–H and O–H groups in total. The highest BCUT2D eigenvalue weighted by molar-refractivity contribution is 5.86. The minimum absolute atomic E-state index is 1.10. The highest BCUT2D eigenvalue weighted by Crippen LogP contribution is 2.39. The molecule has 0 aliphatic rings. The summed E-state index contributed by atoms with van der Waals surface area (Å²) in [5.74, 6) is 0. The third kappa shape index (κ3) is 7.25. The van der Waals surface area contributed by atoms with E-state index in [1.807, 2.05) is 0 Å². The minimum Gasteiger partial charge on any atom is -0.311 e. The molecule has 0 heterocycles. The first-order valence-corrected chi connectivity index (χ1v) is 18.8. The zero-order chi connectivity index (χ0) is 36.8. The number of hydrogen-bond acceptors (Lipinski definition) is 1. The highest BCUT2D eigenvalue weighted by Gasteiger charge is 2.15. The topological polar surface area (TPSA) is 3.24 Å². The molecular formula is C54H39N. The Labute approximate surface area is 324 Å². The van der Waals surface area contributed by atoms with Crippen molar-refractivity contribution in [2.45, 2.75) is 0 Å². The van der Waals surface area contributed by atoms with E-state index in [2.05, 4.69) is 241 Å². The van der Waals surface area contributed by atoms with Gasteiger partial charge in [-0.3, -0.25) is 0 Å². The van der Waals surface area contributed by atoms with Gasteiger partial charge in [-0.25, -0.2) is 0 Å². The number of nitrogens with zero attached hydrogens (tertiary/aromatic N) is 1. The molecule has 0 aliphatic heterocycles. The van der Waals surface area contributed by atoms with E-state index in [9.17, 15) is 0 Å². The predicted molar refractivity (Wildman–Crippen MR) is 234 cm³/mol. The molecule has 0 atom stereocenters. The molecule has 1 heteroatoms. The monoisotopic (exact) mass is 701 g/mol. The second-order valence-corrected chi connectivity index (χ2v) is 13.8. The summed E-state index contributed by atoms with van der Waals surface area (Å²) in [4.78, 5) is 2.34. The molecule has 0 amide bonds. The van der Waals surface area contributed by atoms with Crippen molar-refractivity contribution in [3.05, 3.63) is 237 Å². The molecule has 0 fully saturated rings. The minimum atomic E-state index is 1.10. The van der Waals surface area contributed by atoms with Crippen molar-refractivity contribution >= 4 is 17.1 Å². The molecule has 9 rings (SSSR count). The largest absolute Gasteiger partial charge is 0.311 e. The smallest absolute Gasteiger partial charge is 0.0462 e. The van der Waals surface area contributed by atoms with Gasteiger partial charge in [0.25, 0.3) is 0 Å². The van der Waals surface area contributed by atoms with Gasteiger partial charge in [0, 0.05) is 17.1 Å². The quantitative estimate of drug-likeness (QED) is 0.145. The van der Waals surface area contributed by atoms with Crippen molar-refractivity contribution in [3.63, 3.8) is 0 Å². The van der Waals surface area contributed by atoms with Gasteiger partial charge in [0.1, 0.15) is 0 Å². The lowest BCUT2D eigenvalue weighted by Gasteiger charge is -2.26. The molecule has 260 valence electrons. The normalized spacial score (nSPS) is 10.9. The summed E-state index contributed by atoms with van der Waals surface area (Å²) in [5, 5.41) is 0. The lowest BCUT2D eigenvalue weighted by Crippen LogP contribution is -2.09. The Kier molecular flexibility index (Phi) is 9.41. The predicted octanol–water partition coefficient (Wildman–Crippen LogP) is 15.2. The molecule has 0 aliphatic carbocycles. The van der Waals surface area contributed by atoms with Crippen LogP contribution in [0.1, 0.15) is 0 Å². The molecule has 0 saturated carbocycles. The van der Waals surface area contributed by atoms with Gasteiger partial charge in [-0.05, 0) is 103 Å². The highest BCUT2D eigenvalue weighted by atomic mass is 15.1. The Morgan fingerprint density at radius 2 is 0.364 bits per heavy atom. The summed E-state index contributed by atoms with van der Waals surface area (Å²) >= 11 is 0. The Balaban J connectivity index is 1.04. The zero-order valence-corrected chi connectivity index (χ0v) is 30.5. The van der Waals surface area contributed by atoms with E-state index in [4.69, 9.17) is 0 Å². The van der Waals surface area contributed by atoms with Crippen LogP contribution in [0.15, 0.2) is 237 Å². The number of hydrogen-bond donors (Lipinski definition) is 0. The SMILES string of the molecule is c1ccc(-c2ccc(-c3ccc(N(c4ccc(-c5ccc(-c6ccccc6)cc5)cc4)c4ccc(-c5ccccc5-c5ccccc5)cc4)cc3)cc2)cc1. The van der Waals surface area contributed by atoms with E-state index in [0.717, 1.165) is 17.1 Å². The van der Waals surface area contributed by atoms with Crippen LogP contribution < -0.4 is 4.90 Å². The van der Waals surface area contributed by atoms with Crippen LogP contribution in [0, 0.1) is 0 Å². The fourth-order valence-electron chi connectivity index (χ4n) is 7.42. The maximum Gasteiger partial charge on any atom is 0.0462 e. The van der Waals surface area contributed by atoms with Crippen molar-refractivity contribution in [1.29, 1.82) is 0 Å². The maximum absolute atomic E-state index is 2.34. The Bertz CT molecular complexity index is 2480. The van der Waals surface area contributed by atoms with Gasteiger partial charge in [0.05, 0.1) is 0 Å². The summed E-state index contributed by atoms with van der Waals surface area (Å²) in [6.07, 6.45) is 0. The van der Waals surface area contributed by atoms with Crippen LogP contribution in [0.3, 0.4) is 0 Å². The first kappa shape index (κ1) is 33.6. The fourth-order valence-corrected chi connectivity index (χ4v) is 7.42. The lowest BCUT2D eigenvalue weighted by atomic mass is 9.94. The third-order valence-corrected chi connectivity index (χ3v) is 10.4. The molecule has 9 aromatic rings. The van der Waals surface area contributed by atoms with Crippen molar-refractivity contribution in [2.75, 3.05) is 4.90 Å². The van der Waals surface area contributed by atoms with Gasteiger partial charge in [0.2, 0.25) is 0 Å². The van der Waals surface area contributed by atoms with E-state index in [1.165, 1.54) is 66.8 Å². The van der Waals surface area contributed by atoms with Crippen molar-refractivity contribution in [2.24, 2.45) is 0 Å². The maximum atomic E-state index is 2.34. The number of rotatable bonds is 9. The third-order valence-electron chi connectivity index (χ3n) is 10.4. The molecule has 0 spiro atoms. The molecule has 0 radical (unpaired) electrons. The van der Waals surface area contributed by atoms with Crippen LogP contribution >= 0.6 is 0 Å². The van der Waals surface area contributed by atoms with E-state index in [1.54, 1.807) is 0 Å². The molecule has 0 unspecified atom stereocenters. The summed E-state index contributed by atoms with van der Waals surface area (Å²) in [6, 6.07) is 84.9. The molecule has 0 saturated heterocycles. The van der Waals surface area contributed by atoms with Gasteiger partial charge >= 0.3 is 0 Å². The van der Waals surface area contributed by atoms with E-state index in [-0.39, 0.29) is 0 Å². The lowest BCUT2D eigenvalue weighted by molar-refractivity contribution is 1.28. The van der Waals surface area contributed by atoms with Gasteiger partial charge in [-0.1, -0.05) is 200 Å². The van der Waals surface area contributed by atoms with Gasteiger partial charge in [0.15, 0.2) is 0 Å². The molecular weight excluding hydrogens is 663 g/mol. The Morgan fingerprint density at radius 3 is 0.673 bits per heavy atom. The van der Waals surface area contributed by atoms with Gasteiger partial charge < -0.3 is 4.90 Å². The summed E-state index contributed by atoms with van der Waals surface area (Å²) in [6.45, 7) is 0. The van der Waals surface area contributed by atoms with Crippen LogP contribution in [0.25, 0.3) is 66.8 Å². The molecule has 1 nitrogen and oxygen atoms in total.